The minimum absolute atomic E-state index is 0.133. The number of carbonyl (C=O) groups excluding carboxylic acids is 2. The standard InChI is InChI=1S/C12H19NO5/c14-6-12(7-15,8-16)13-9(17)5-11(10(13)18)3-1-2-4-11/h14-16H,1-8H2. The summed E-state index contributed by atoms with van der Waals surface area (Å²) in [5.74, 6) is -0.749. The van der Waals surface area contributed by atoms with Gasteiger partial charge in [0.1, 0.15) is 5.54 Å². The van der Waals surface area contributed by atoms with Crippen LogP contribution >= 0.6 is 0 Å². The summed E-state index contributed by atoms with van der Waals surface area (Å²) in [6.45, 7) is -1.89. The van der Waals surface area contributed by atoms with Gasteiger partial charge < -0.3 is 15.3 Å². The third kappa shape index (κ3) is 1.67. The van der Waals surface area contributed by atoms with Crippen molar-refractivity contribution in [1.29, 1.82) is 0 Å². The molecule has 0 atom stereocenters. The Bertz CT molecular complexity index is 349. The molecule has 2 fully saturated rings. The first-order valence-electron chi connectivity index (χ1n) is 6.25. The lowest BCUT2D eigenvalue weighted by atomic mass is 9.84. The molecule has 1 heterocycles. The first-order valence-corrected chi connectivity index (χ1v) is 6.25. The quantitative estimate of drug-likeness (QED) is 0.562. The van der Waals surface area contributed by atoms with Crippen LogP contribution in [0.4, 0.5) is 0 Å². The largest absolute Gasteiger partial charge is 0.394 e. The second-order valence-corrected chi connectivity index (χ2v) is 5.40. The zero-order valence-corrected chi connectivity index (χ0v) is 10.3. The summed E-state index contributed by atoms with van der Waals surface area (Å²) in [4.78, 5) is 25.4. The summed E-state index contributed by atoms with van der Waals surface area (Å²) in [6, 6.07) is 0. The second kappa shape index (κ2) is 4.60. The number of carbonyl (C=O) groups is 2. The third-order valence-corrected chi connectivity index (χ3v) is 4.31. The van der Waals surface area contributed by atoms with Gasteiger partial charge in [-0.05, 0) is 12.8 Å². The van der Waals surface area contributed by atoms with E-state index in [9.17, 15) is 24.9 Å². The van der Waals surface area contributed by atoms with Crippen molar-refractivity contribution >= 4 is 11.8 Å². The molecule has 3 N–H and O–H groups in total. The van der Waals surface area contributed by atoms with Crippen molar-refractivity contribution in [3.8, 4) is 0 Å². The van der Waals surface area contributed by atoms with E-state index in [1.165, 1.54) is 0 Å². The molecule has 2 aliphatic rings. The Kier molecular flexibility index (Phi) is 3.44. The maximum atomic E-state index is 12.4. The van der Waals surface area contributed by atoms with Crippen LogP contribution < -0.4 is 0 Å². The molecule has 0 radical (unpaired) electrons. The molecule has 1 aliphatic carbocycles. The number of amides is 2. The molecule has 2 amide bonds. The minimum Gasteiger partial charge on any atom is -0.394 e. The molecule has 0 aromatic rings. The molecule has 1 saturated heterocycles. The number of likely N-dealkylation sites (tertiary alicyclic amines) is 1. The number of hydrogen-bond donors (Lipinski definition) is 3. The van der Waals surface area contributed by atoms with Gasteiger partial charge in [-0.3, -0.25) is 14.5 Å². The van der Waals surface area contributed by atoms with Gasteiger partial charge in [0.2, 0.25) is 11.8 Å². The summed E-state index contributed by atoms with van der Waals surface area (Å²) < 4.78 is 0. The van der Waals surface area contributed by atoms with E-state index in [4.69, 9.17) is 0 Å². The topological polar surface area (TPSA) is 98.1 Å². The second-order valence-electron chi connectivity index (χ2n) is 5.40. The van der Waals surface area contributed by atoms with Crippen LogP contribution in [-0.4, -0.2) is 57.4 Å². The lowest BCUT2D eigenvalue weighted by molar-refractivity contribution is -0.156. The molecule has 18 heavy (non-hydrogen) atoms. The van der Waals surface area contributed by atoms with Crippen LogP contribution in [0, 0.1) is 5.41 Å². The molecular formula is C12H19NO5. The van der Waals surface area contributed by atoms with E-state index in [0.717, 1.165) is 17.7 Å². The number of imide groups is 1. The van der Waals surface area contributed by atoms with Crippen LogP contribution in [-0.2, 0) is 9.59 Å². The zero-order chi connectivity index (χ0) is 13.4. The van der Waals surface area contributed by atoms with Gasteiger partial charge in [0.05, 0.1) is 25.2 Å². The monoisotopic (exact) mass is 257 g/mol. The highest BCUT2D eigenvalue weighted by atomic mass is 16.3. The van der Waals surface area contributed by atoms with Crippen molar-refractivity contribution in [2.24, 2.45) is 5.41 Å². The van der Waals surface area contributed by atoms with Crippen molar-refractivity contribution < 1.29 is 24.9 Å². The molecule has 1 aliphatic heterocycles. The van der Waals surface area contributed by atoms with Crippen molar-refractivity contribution in [2.75, 3.05) is 19.8 Å². The molecule has 6 heteroatoms. The highest BCUT2D eigenvalue weighted by molar-refractivity contribution is 6.06. The first kappa shape index (κ1) is 13.5. The minimum atomic E-state index is -1.57. The van der Waals surface area contributed by atoms with Crippen molar-refractivity contribution in [3.63, 3.8) is 0 Å². The van der Waals surface area contributed by atoms with Gasteiger partial charge in [-0.15, -0.1) is 0 Å². The first-order chi connectivity index (χ1) is 8.55. The zero-order valence-electron chi connectivity index (χ0n) is 10.3. The Balaban J connectivity index is 2.34. The van der Waals surface area contributed by atoms with E-state index in [1.807, 2.05) is 0 Å². The molecule has 1 spiro atoms. The van der Waals surface area contributed by atoms with E-state index < -0.39 is 36.7 Å². The number of aliphatic hydroxyl groups is 3. The van der Waals surface area contributed by atoms with Gasteiger partial charge in [-0.2, -0.15) is 0 Å². The molecule has 102 valence electrons. The van der Waals surface area contributed by atoms with Gasteiger partial charge in [0.15, 0.2) is 0 Å². The SMILES string of the molecule is O=C1CC2(CCCC2)C(=O)N1C(CO)(CO)CO. The Morgan fingerprint density at radius 3 is 2.00 bits per heavy atom. The highest BCUT2D eigenvalue weighted by Gasteiger charge is 2.58. The normalized spacial score (nSPS) is 23.4. The molecule has 6 nitrogen and oxygen atoms in total. The van der Waals surface area contributed by atoms with Crippen LogP contribution in [0.25, 0.3) is 0 Å². The van der Waals surface area contributed by atoms with Gasteiger partial charge in [-0.25, -0.2) is 0 Å². The third-order valence-electron chi connectivity index (χ3n) is 4.31. The lowest BCUT2D eigenvalue weighted by Crippen LogP contribution is -2.60. The number of nitrogens with zero attached hydrogens (tertiary/aromatic N) is 1. The fourth-order valence-electron chi connectivity index (χ4n) is 3.08. The Labute approximate surface area is 105 Å². The highest BCUT2D eigenvalue weighted by Crippen LogP contribution is 2.48. The molecule has 0 aromatic carbocycles. The molecular weight excluding hydrogens is 238 g/mol. The number of hydrogen-bond acceptors (Lipinski definition) is 5. The fraction of sp³-hybridized carbons (Fsp3) is 0.833. The number of rotatable bonds is 4. The average Bonchev–Trinajstić information content (AvgIpc) is 2.93. The molecule has 0 bridgehead atoms. The van der Waals surface area contributed by atoms with Crippen molar-refractivity contribution in [2.45, 2.75) is 37.6 Å². The smallest absolute Gasteiger partial charge is 0.236 e. The van der Waals surface area contributed by atoms with Crippen LogP contribution in [0.15, 0.2) is 0 Å². The maximum Gasteiger partial charge on any atom is 0.236 e. The van der Waals surface area contributed by atoms with Crippen molar-refractivity contribution in [1.82, 2.24) is 4.90 Å². The van der Waals surface area contributed by atoms with E-state index in [0.29, 0.717) is 12.8 Å². The maximum absolute atomic E-state index is 12.4. The van der Waals surface area contributed by atoms with Gasteiger partial charge in [0.25, 0.3) is 0 Å². The summed E-state index contributed by atoms with van der Waals surface area (Å²) in [5.41, 5.74) is -2.22. The number of aliphatic hydroxyl groups excluding tert-OH is 3. The molecule has 2 rings (SSSR count). The van der Waals surface area contributed by atoms with Gasteiger partial charge in [0, 0.05) is 6.42 Å². The molecule has 1 saturated carbocycles. The van der Waals surface area contributed by atoms with Crippen LogP contribution in [0.3, 0.4) is 0 Å². The summed E-state index contributed by atoms with van der Waals surface area (Å²) >= 11 is 0. The fourth-order valence-corrected chi connectivity index (χ4v) is 3.08. The predicted molar refractivity (Wildman–Crippen MR) is 61.4 cm³/mol. The Morgan fingerprint density at radius 2 is 1.56 bits per heavy atom. The summed E-state index contributed by atoms with van der Waals surface area (Å²) in [5, 5.41) is 28.0. The van der Waals surface area contributed by atoms with Crippen molar-refractivity contribution in [3.05, 3.63) is 0 Å². The van der Waals surface area contributed by atoms with E-state index in [1.54, 1.807) is 0 Å². The summed E-state index contributed by atoms with van der Waals surface area (Å²) in [6.07, 6.45) is 3.31. The molecule has 0 unspecified atom stereocenters. The van der Waals surface area contributed by atoms with E-state index >= 15 is 0 Å². The predicted octanol–water partition coefficient (Wildman–Crippen LogP) is -0.979. The van der Waals surface area contributed by atoms with Crippen LogP contribution in [0.2, 0.25) is 0 Å². The summed E-state index contributed by atoms with van der Waals surface area (Å²) in [7, 11) is 0. The van der Waals surface area contributed by atoms with Gasteiger partial charge in [-0.1, -0.05) is 12.8 Å². The van der Waals surface area contributed by atoms with E-state index in [-0.39, 0.29) is 12.3 Å². The Morgan fingerprint density at radius 1 is 1.06 bits per heavy atom. The lowest BCUT2D eigenvalue weighted by Gasteiger charge is -2.36. The Hall–Kier alpha value is -0.980. The van der Waals surface area contributed by atoms with Gasteiger partial charge >= 0.3 is 0 Å². The molecule has 0 aromatic heterocycles. The average molecular weight is 257 g/mol. The van der Waals surface area contributed by atoms with E-state index in [2.05, 4.69) is 0 Å². The van der Waals surface area contributed by atoms with Crippen LogP contribution in [0.1, 0.15) is 32.1 Å². The van der Waals surface area contributed by atoms with Crippen LogP contribution in [0.5, 0.6) is 0 Å².